The van der Waals surface area contributed by atoms with Crippen molar-refractivity contribution in [1.29, 1.82) is 0 Å². The van der Waals surface area contributed by atoms with Crippen LogP contribution in [0.2, 0.25) is 9.36 Å². The molecule has 2 aromatic heterocycles. The molecule has 2 aliphatic heterocycles. The Labute approximate surface area is 226 Å². The largest absolute Gasteiger partial charge is 0.480 e. The van der Waals surface area contributed by atoms with Crippen LogP contribution in [0.15, 0.2) is 60.8 Å². The second-order valence-corrected chi connectivity index (χ2v) is 11.7. The Morgan fingerprint density at radius 3 is 2.59 bits per heavy atom. The van der Waals surface area contributed by atoms with Crippen LogP contribution in [0.3, 0.4) is 0 Å². The van der Waals surface area contributed by atoms with E-state index in [0.29, 0.717) is 19.9 Å². The molecule has 0 saturated carbocycles. The Morgan fingerprint density at radius 1 is 1.11 bits per heavy atom. The Balaban J connectivity index is 1.51. The minimum Gasteiger partial charge on any atom is -0.480 e. The number of H-pyrrole nitrogens is 1. The smallest absolute Gasteiger partial charge is 0.325 e. The molecule has 2 fully saturated rings. The number of anilines is 1. The molecule has 6 rings (SSSR count). The highest BCUT2D eigenvalue weighted by Gasteiger charge is 2.69. The molecule has 4 atom stereocenters. The maximum absolute atomic E-state index is 14.0. The lowest BCUT2D eigenvalue weighted by atomic mass is 9.76. The van der Waals surface area contributed by atoms with Crippen molar-refractivity contribution in [2.24, 2.45) is 11.8 Å². The van der Waals surface area contributed by atoms with E-state index < -0.39 is 41.2 Å². The van der Waals surface area contributed by atoms with Gasteiger partial charge in [0.2, 0.25) is 11.8 Å². The molecule has 10 heteroatoms. The van der Waals surface area contributed by atoms with Crippen molar-refractivity contribution in [3.63, 3.8) is 0 Å². The minimum absolute atomic E-state index is 0.00460. The maximum Gasteiger partial charge on any atom is 0.325 e. The zero-order valence-electron chi connectivity index (χ0n) is 19.5. The second-order valence-electron chi connectivity index (χ2n) is 9.53. The van der Waals surface area contributed by atoms with E-state index in [1.165, 1.54) is 11.3 Å². The van der Waals surface area contributed by atoms with Gasteiger partial charge in [0.15, 0.2) is 0 Å². The van der Waals surface area contributed by atoms with Crippen molar-refractivity contribution in [1.82, 2.24) is 10.3 Å². The van der Waals surface area contributed by atoms with Crippen LogP contribution in [0.25, 0.3) is 10.9 Å². The Hall–Kier alpha value is -3.17. The third-order valence-corrected chi connectivity index (χ3v) is 9.22. The fourth-order valence-corrected chi connectivity index (χ4v) is 7.07. The number of carboxylic acids is 1. The summed E-state index contributed by atoms with van der Waals surface area (Å²) in [6, 6.07) is 15.3. The van der Waals surface area contributed by atoms with Gasteiger partial charge in [-0.2, -0.15) is 0 Å². The fraction of sp³-hybridized carbons (Fsp3) is 0.222. The van der Waals surface area contributed by atoms with Crippen molar-refractivity contribution in [3.8, 4) is 0 Å². The molecule has 4 heterocycles. The first-order chi connectivity index (χ1) is 17.7. The highest BCUT2D eigenvalue weighted by molar-refractivity contribution is 7.16. The zero-order chi connectivity index (χ0) is 26.1. The zero-order valence-corrected chi connectivity index (χ0v) is 21.8. The van der Waals surface area contributed by atoms with Gasteiger partial charge in [-0.05, 0) is 48.4 Å². The summed E-state index contributed by atoms with van der Waals surface area (Å²) in [7, 11) is 0. The van der Waals surface area contributed by atoms with Gasteiger partial charge in [-0.15, -0.1) is 11.3 Å². The first kappa shape index (κ1) is 24.2. The van der Waals surface area contributed by atoms with Gasteiger partial charge >= 0.3 is 5.97 Å². The standard InChI is InChI=1S/C27H21Cl2N3O4S/c1-13-6-7-15(10-17(13)28)32-24(33)21-22(25(32)34)27(26(35)36,31-23(21)19-8-9-20(29)37-19)11-14-12-30-18-5-3-2-4-16(14)18/h2-10,12,21-23,30-31H,11H2,1H3,(H,35,36). The number of imide groups is 1. The molecule has 0 radical (unpaired) electrons. The number of aromatic amines is 1. The number of carbonyl (C=O) groups is 3. The number of carbonyl (C=O) groups excluding carboxylic acids is 2. The van der Waals surface area contributed by atoms with Gasteiger partial charge < -0.3 is 10.1 Å². The van der Waals surface area contributed by atoms with Gasteiger partial charge in [0, 0.05) is 33.4 Å². The molecule has 2 saturated heterocycles. The van der Waals surface area contributed by atoms with Crippen LogP contribution < -0.4 is 10.2 Å². The van der Waals surface area contributed by atoms with E-state index in [1.807, 2.05) is 31.2 Å². The third-order valence-electron chi connectivity index (χ3n) is 7.49. The molecule has 37 heavy (non-hydrogen) atoms. The number of aromatic nitrogens is 1. The SMILES string of the molecule is Cc1ccc(N2C(=O)C3C(c4ccc(Cl)s4)NC(Cc4c[nH]c5ccccc45)(C(=O)O)C3C2=O)cc1Cl. The number of aliphatic carboxylic acids is 1. The van der Waals surface area contributed by atoms with Crippen LogP contribution in [0.1, 0.15) is 22.0 Å². The lowest BCUT2D eigenvalue weighted by Gasteiger charge is -2.31. The average Bonchev–Trinajstić information content (AvgIpc) is 3.62. The molecule has 0 spiro atoms. The number of hydrogen-bond donors (Lipinski definition) is 3. The predicted octanol–water partition coefficient (Wildman–Crippen LogP) is 5.36. The summed E-state index contributed by atoms with van der Waals surface area (Å²) in [6.45, 7) is 1.83. The van der Waals surface area contributed by atoms with Gasteiger partial charge in [-0.3, -0.25) is 19.7 Å². The number of carboxylic acid groups (broad SMARTS) is 1. The summed E-state index contributed by atoms with van der Waals surface area (Å²) in [4.78, 5) is 46.0. The number of amides is 2. The molecular weight excluding hydrogens is 533 g/mol. The molecule has 2 aromatic carbocycles. The number of nitrogens with zero attached hydrogens (tertiary/aromatic N) is 1. The lowest BCUT2D eigenvalue weighted by molar-refractivity contribution is -0.148. The minimum atomic E-state index is -1.73. The average molecular weight is 554 g/mol. The quantitative estimate of drug-likeness (QED) is 0.289. The van der Waals surface area contributed by atoms with Crippen molar-refractivity contribution >= 4 is 68.9 Å². The molecule has 7 nitrogen and oxygen atoms in total. The lowest BCUT2D eigenvalue weighted by Crippen LogP contribution is -2.57. The summed E-state index contributed by atoms with van der Waals surface area (Å²) < 4.78 is 0.511. The summed E-state index contributed by atoms with van der Waals surface area (Å²) in [5.74, 6) is -4.28. The number of halogens is 2. The molecule has 188 valence electrons. The highest BCUT2D eigenvalue weighted by atomic mass is 35.5. The normalized spacial score (nSPS) is 25.3. The maximum atomic E-state index is 14.0. The monoisotopic (exact) mass is 553 g/mol. The van der Waals surface area contributed by atoms with E-state index in [-0.39, 0.29) is 6.42 Å². The van der Waals surface area contributed by atoms with Crippen LogP contribution in [0.4, 0.5) is 5.69 Å². The number of rotatable bonds is 5. The van der Waals surface area contributed by atoms with E-state index in [0.717, 1.165) is 26.9 Å². The number of hydrogen-bond acceptors (Lipinski definition) is 5. The predicted molar refractivity (Wildman–Crippen MR) is 143 cm³/mol. The van der Waals surface area contributed by atoms with Gasteiger partial charge in [0.25, 0.3) is 0 Å². The molecule has 0 bridgehead atoms. The first-order valence-electron chi connectivity index (χ1n) is 11.7. The van der Waals surface area contributed by atoms with Gasteiger partial charge in [0.05, 0.1) is 27.9 Å². The van der Waals surface area contributed by atoms with Crippen molar-refractivity contribution in [2.75, 3.05) is 4.90 Å². The summed E-state index contributed by atoms with van der Waals surface area (Å²) in [5, 5.41) is 15.2. The van der Waals surface area contributed by atoms with E-state index >= 15 is 0 Å². The molecule has 4 aromatic rings. The number of para-hydroxylation sites is 1. The number of thiophene rings is 1. The summed E-state index contributed by atoms with van der Waals surface area (Å²) in [5.41, 5.74) is 1.00. The first-order valence-corrected chi connectivity index (χ1v) is 13.2. The van der Waals surface area contributed by atoms with Crippen molar-refractivity contribution in [2.45, 2.75) is 24.9 Å². The van der Waals surface area contributed by atoms with Crippen LogP contribution in [0.5, 0.6) is 0 Å². The molecular formula is C27H21Cl2N3O4S. The summed E-state index contributed by atoms with van der Waals surface area (Å²) in [6.07, 6.45) is 1.77. The van der Waals surface area contributed by atoms with Gasteiger partial charge in [-0.25, -0.2) is 4.90 Å². The van der Waals surface area contributed by atoms with Crippen LogP contribution >= 0.6 is 34.5 Å². The molecule has 2 aliphatic rings. The van der Waals surface area contributed by atoms with E-state index in [1.54, 1.807) is 36.5 Å². The Morgan fingerprint density at radius 2 is 1.89 bits per heavy atom. The van der Waals surface area contributed by atoms with Gasteiger partial charge in [0.1, 0.15) is 5.54 Å². The van der Waals surface area contributed by atoms with E-state index in [2.05, 4.69) is 10.3 Å². The molecule has 3 N–H and O–H groups in total. The van der Waals surface area contributed by atoms with E-state index in [9.17, 15) is 19.5 Å². The van der Waals surface area contributed by atoms with Crippen molar-refractivity contribution in [3.05, 3.63) is 86.2 Å². The van der Waals surface area contributed by atoms with Crippen LogP contribution in [-0.2, 0) is 20.8 Å². The molecule has 4 unspecified atom stereocenters. The molecule has 0 aliphatic carbocycles. The van der Waals surface area contributed by atoms with E-state index in [4.69, 9.17) is 23.2 Å². The number of nitrogens with one attached hydrogen (secondary N) is 2. The Kier molecular flexibility index (Phi) is 5.69. The highest BCUT2D eigenvalue weighted by Crippen LogP contribution is 2.52. The second kappa shape index (κ2) is 8.70. The molecule has 2 amide bonds. The van der Waals surface area contributed by atoms with Gasteiger partial charge in [-0.1, -0.05) is 47.5 Å². The number of fused-ring (bicyclic) bond motifs is 2. The summed E-state index contributed by atoms with van der Waals surface area (Å²) >= 11 is 13.8. The topological polar surface area (TPSA) is 102 Å². The fourth-order valence-electron chi connectivity index (χ4n) is 5.73. The van der Waals surface area contributed by atoms with Crippen LogP contribution in [-0.4, -0.2) is 33.4 Å². The Bertz CT molecular complexity index is 1600. The number of aryl methyl sites for hydroxylation is 1. The number of benzene rings is 2. The van der Waals surface area contributed by atoms with Crippen molar-refractivity contribution < 1.29 is 19.5 Å². The third kappa shape index (κ3) is 3.62. The van der Waals surface area contributed by atoms with Crippen LogP contribution in [0, 0.1) is 18.8 Å².